The van der Waals surface area contributed by atoms with E-state index in [1.165, 1.54) is 25.7 Å². The lowest BCUT2D eigenvalue weighted by molar-refractivity contribution is -0.134. The van der Waals surface area contributed by atoms with Gasteiger partial charge in [0.25, 0.3) is 0 Å². The van der Waals surface area contributed by atoms with E-state index in [9.17, 15) is 14.4 Å². The molecule has 0 aromatic carbocycles. The van der Waals surface area contributed by atoms with Crippen LogP contribution < -0.4 is 10.2 Å². The summed E-state index contributed by atoms with van der Waals surface area (Å²) in [6, 6.07) is 4.00. The van der Waals surface area contributed by atoms with Gasteiger partial charge in [-0.2, -0.15) is 0 Å². The van der Waals surface area contributed by atoms with Gasteiger partial charge >= 0.3 is 6.09 Å². The number of anilines is 1. The molecule has 3 fully saturated rings. The third-order valence-corrected chi connectivity index (χ3v) is 7.60. The Morgan fingerprint density at radius 1 is 1.00 bits per heavy atom. The average molecular weight is 485 g/mol. The molecule has 3 aliphatic heterocycles. The van der Waals surface area contributed by atoms with Gasteiger partial charge in [0, 0.05) is 38.8 Å². The summed E-state index contributed by atoms with van der Waals surface area (Å²) in [5.74, 6) is 1.73. The molecule has 3 aliphatic rings. The first-order valence-electron chi connectivity index (χ1n) is 13.2. The molecule has 8 heteroatoms. The number of carbonyl (C=O) groups is 3. The van der Waals surface area contributed by atoms with Crippen molar-refractivity contribution in [2.24, 2.45) is 11.8 Å². The minimum Gasteiger partial charge on any atom is -0.444 e. The molecule has 192 valence electrons. The molecule has 1 aromatic heterocycles. The smallest absolute Gasteiger partial charge is 0.410 e. The van der Waals surface area contributed by atoms with Crippen molar-refractivity contribution in [3.8, 4) is 0 Å². The highest BCUT2D eigenvalue weighted by atomic mass is 16.6. The summed E-state index contributed by atoms with van der Waals surface area (Å²) in [6.45, 7) is 9.36. The highest BCUT2D eigenvalue weighted by molar-refractivity contribution is 6.00. The fourth-order valence-corrected chi connectivity index (χ4v) is 5.46. The lowest BCUT2D eigenvalue weighted by atomic mass is 9.85. The Kier molecular flexibility index (Phi) is 7.97. The Morgan fingerprint density at radius 3 is 2.17 bits per heavy atom. The van der Waals surface area contributed by atoms with Crippen LogP contribution in [0.3, 0.4) is 0 Å². The monoisotopic (exact) mass is 484 g/mol. The molecule has 4 rings (SSSR count). The summed E-state index contributed by atoms with van der Waals surface area (Å²) < 4.78 is 5.51. The number of likely N-dealkylation sites (tertiary alicyclic amines) is 1. The van der Waals surface area contributed by atoms with Gasteiger partial charge in [0.05, 0.1) is 5.92 Å². The number of pyridine rings is 1. The predicted octanol–water partition coefficient (Wildman–Crippen LogP) is 4.25. The van der Waals surface area contributed by atoms with Crippen LogP contribution in [-0.4, -0.2) is 59.6 Å². The molecule has 1 N–H and O–H groups in total. The number of nitrogens with one attached hydrogen (secondary N) is 1. The van der Waals surface area contributed by atoms with Crippen molar-refractivity contribution in [1.29, 1.82) is 0 Å². The van der Waals surface area contributed by atoms with E-state index in [4.69, 9.17) is 4.74 Å². The number of amides is 3. The largest absolute Gasteiger partial charge is 0.444 e. The van der Waals surface area contributed by atoms with E-state index in [1.807, 2.05) is 37.8 Å². The zero-order valence-corrected chi connectivity index (χ0v) is 21.4. The Balaban J connectivity index is 1.16. The molecule has 1 unspecified atom stereocenters. The molecule has 8 nitrogen and oxygen atoms in total. The van der Waals surface area contributed by atoms with E-state index in [1.54, 1.807) is 6.20 Å². The second-order valence-corrected chi connectivity index (χ2v) is 11.4. The zero-order valence-electron chi connectivity index (χ0n) is 21.4. The number of aromatic nitrogens is 1. The van der Waals surface area contributed by atoms with Crippen LogP contribution in [0.1, 0.15) is 83.6 Å². The van der Waals surface area contributed by atoms with Gasteiger partial charge in [0.1, 0.15) is 11.4 Å². The molecular weight excluding hydrogens is 444 g/mol. The molecule has 35 heavy (non-hydrogen) atoms. The van der Waals surface area contributed by atoms with Gasteiger partial charge in [0.15, 0.2) is 0 Å². The van der Waals surface area contributed by atoms with E-state index < -0.39 is 5.60 Å². The number of rotatable bonds is 5. The van der Waals surface area contributed by atoms with Crippen molar-refractivity contribution < 1.29 is 19.1 Å². The van der Waals surface area contributed by atoms with Gasteiger partial charge in [-0.15, -0.1) is 0 Å². The van der Waals surface area contributed by atoms with Gasteiger partial charge < -0.3 is 14.5 Å². The first kappa shape index (κ1) is 25.5. The first-order valence-corrected chi connectivity index (χ1v) is 13.2. The molecule has 3 amide bonds. The summed E-state index contributed by atoms with van der Waals surface area (Å²) in [5, 5.41) is 2.42. The first-order chi connectivity index (χ1) is 16.7. The van der Waals surface area contributed by atoms with Gasteiger partial charge in [-0.05, 0) is 76.3 Å². The van der Waals surface area contributed by atoms with E-state index in [0.29, 0.717) is 18.8 Å². The van der Waals surface area contributed by atoms with E-state index in [0.717, 1.165) is 56.3 Å². The van der Waals surface area contributed by atoms with Crippen LogP contribution in [0.25, 0.3) is 0 Å². The average Bonchev–Trinajstić information content (AvgIpc) is 2.83. The van der Waals surface area contributed by atoms with E-state index >= 15 is 0 Å². The molecule has 1 aromatic rings. The molecule has 1 atom stereocenters. The van der Waals surface area contributed by atoms with Crippen molar-refractivity contribution in [3.05, 3.63) is 23.9 Å². The maximum Gasteiger partial charge on any atom is 0.410 e. The molecule has 0 bridgehead atoms. The number of ether oxygens (including phenoxy) is 1. The van der Waals surface area contributed by atoms with Gasteiger partial charge in [-0.1, -0.05) is 18.9 Å². The minimum absolute atomic E-state index is 0.179. The van der Waals surface area contributed by atoms with Crippen LogP contribution in [-0.2, 0) is 14.3 Å². The molecule has 4 heterocycles. The van der Waals surface area contributed by atoms with Crippen LogP contribution in [0, 0.1) is 11.8 Å². The minimum atomic E-state index is -0.437. The van der Waals surface area contributed by atoms with Crippen molar-refractivity contribution in [2.75, 3.05) is 31.1 Å². The Labute approximate surface area is 208 Å². The van der Waals surface area contributed by atoms with Crippen molar-refractivity contribution in [2.45, 2.75) is 83.7 Å². The van der Waals surface area contributed by atoms with Crippen LogP contribution in [0.15, 0.2) is 18.3 Å². The number of hydrogen-bond donors (Lipinski definition) is 1. The number of piperidine rings is 3. The van der Waals surface area contributed by atoms with Crippen LogP contribution in [0.4, 0.5) is 10.6 Å². The van der Waals surface area contributed by atoms with Crippen molar-refractivity contribution >= 4 is 23.7 Å². The summed E-state index contributed by atoms with van der Waals surface area (Å²) in [5.41, 5.74) is 0.444. The topological polar surface area (TPSA) is 91.8 Å². The summed E-state index contributed by atoms with van der Waals surface area (Å²) in [7, 11) is 0. The SMILES string of the molecule is CC(C)(C)OC(=O)N1CCC(CCC2CCN(c3ccc(C4CCC(=O)NC4=O)cn3)CC2)CC1. The van der Waals surface area contributed by atoms with Crippen LogP contribution in [0.5, 0.6) is 0 Å². The highest BCUT2D eigenvalue weighted by Gasteiger charge is 2.30. The Hall–Kier alpha value is -2.64. The second kappa shape index (κ2) is 11.0. The number of hydrogen-bond acceptors (Lipinski definition) is 6. The second-order valence-electron chi connectivity index (χ2n) is 11.4. The standard InChI is InChI=1S/C27H40N4O4/c1-27(2,3)35-26(34)31-16-12-20(13-17-31)5-4-19-10-14-30(15-11-19)23-8-6-21(18-28-23)22-7-9-24(32)29-25(22)33/h6,8,18-20,22H,4-5,7,9-17H2,1-3H3,(H,29,32,33). The van der Waals surface area contributed by atoms with Crippen molar-refractivity contribution in [1.82, 2.24) is 15.2 Å². The van der Waals surface area contributed by atoms with E-state index in [-0.39, 0.29) is 23.8 Å². The predicted molar refractivity (Wildman–Crippen MR) is 134 cm³/mol. The lowest BCUT2D eigenvalue weighted by Crippen LogP contribution is -2.41. The number of imide groups is 1. The molecule has 0 saturated carbocycles. The summed E-state index contributed by atoms with van der Waals surface area (Å²) in [4.78, 5) is 44.6. The molecule has 0 radical (unpaired) electrons. The third-order valence-electron chi connectivity index (χ3n) is 7.60. The molecular formula is C27H40N4O4. The van der Waals surface area contributed by atoms with Crippen molar-refractivity contribution in [3.63, 3.8) is 0 Å². The summed E-state index contributed by atoms with van der Waals surface area (Å²) in [6.07, 6.45) is 9.54. The zero-order chi connectivity index (χ0) is 25.0. The normalized spacial score (nSPS) is 22.8. The van der Waals surface area contributed by atoms with Crippen LogP contribution >= 0.6 is 0 Å². The fraction of sp³-hybridized carbons (Fsp3) is 0.704. The van der Waals surface area contributed by atoms with Crippen LogP contribution in [0.2, 0.25) is 0 Å². The molecule has 3 saturated heterocycles. The van der Waals surface area contributed by atoms with E-state index in [2.05, 4.69) is 15.2 Å². The van der Waals surface area contributed by atoms with Gasteiger partial charge in [-0.25, -0.2) is 9.78 Å². The quantitative estimate of drug-likeness (QED) is 0.629. The molecule has 0 aliphatic carbocycles. The fourth-order valence-electron chi connectivity index (χ4n) is 5.46. The van der Waals surface area contributed by atoms with Gasteiger partial charge in [0.2, 0.25) is 11.8 Å². The maximum absolute atomic E-state index is 12.3. The lowest BCUT2D eigenvalue weighted by Gasteiger charge is -2.35. The maximum atomic E-state index is 12.3. The Bertz CT molecular complexity index is 895. The summed E-state index contributed by atoms with van der Waals surface area (Å²) >= 11 is 0. The van der Waals surface area contributed by atoms with Gasteiger partial charge in [-0.3, -0.25) is 14.9 Å². The number of carbonyl (C=O) groups excluding carboxylic acids is 3. The highest BCUT2D eigenvalue weighted by Crippen LogP contribution is 2.31. The number of nitrogens with zero attached hydrogens (tertiary/aromatic N) is 3. The third kappa shape index (κ3) is 6.95. The molecule has 0 spiro atoms. The Morgan fingerprint density at radius 2 is 1.63 bits per heavy atom.